The Bertz CT molecular complexity index is 322. The van der Waals surface area contributed by atoms with Gasteiger partial charge in [0.25, 0.3) is 0 Å². The number of rotatable bonds is 6. The minimum atomic E-state index is 0.729. The molecule has 1 saturated heterocycles. The number of methoxy groups -OCH3 is 1. The van der Waals surface area contributed by atoms with Crippen LogP contribution in [0.25, 0.3) is 0 Å². The molecule has 0 aromatic carbocycles. The molecule has 0 amide bonds. The number of ether oxygens (including phenoxy) is 1. The number of aromatic nitrogens is 2. The summed E-state index contributed by atoms with van der Waals surface area (Å²) in [6, 6.07) is 0. The highest BCUT2D eigenvalue weighted by Gasteiger charge is 2.14. The van der Waals surface area contributed by atoms with Gasteiger partial charge in [0.2, 0.25) is 5.95 Å². The molecule has 0 radical (unpaired) electrons. The molecule has 5 nitrogen and oxygen atoms in total. The number of hydrogen-bond acceptors (Lipinski definition) is 5. The molecule has 5 heteroatoms. The third-order valence-corrected chi connectivity index (χ3v) is 2.89. The van der Waals surface area contributed by atoms with Crippen molar-refractivity contribution in [3.63, 3.8) is 0 Å². The minimum Gasteiger partial charge on any atom is -0.383 e. The zero-order valence-corrected chi connectivity index (χ0v) is 10.4. The second-order valence-corrected chi connectivity index (χ2v) is 4.26. The molecule has 1 aromatic rings. The Morgan fingerprint density at radius 2 is 2.00 bits per heavy atom. The molecule has 17 heavy (non-hydrogen) atoms. The monoisotopic (exact) mass is 236 g/mol. The van der Waals surface area contributed by atoms with Crippen LogP contribution in [0.15, 0.2) is 12.4 Å². The molecule has 0 atom stereocenters. The largest absolute Gasteiger partial charge is 0.383 e. The van der Waals surface area contributed by atoms with Gasteiger partial charge in [-0.15, -0.1) is 0 Å². The third-order valence-electron chi connectivity index (χ3n) is 2.89. The standard InChI is InChI=1S/C12H20N4O/c1-17-7-4-13-8-11-9-14-12(15-10-11)16-5-2-3-6-16/h9-10,13H,2-8H2,1H3. The van der Waals surface area contributed by atoms with Gasteiger partial charge in [-0.2, -0.15) is 0 Å². The Hall–Kier alpha value is -1.20. The zero-order chi connectivity index (χ0) is 11.9. The smallest absolute Gasteiger partial charge is 0.225 e. The quantitative estimate of drug-likeness (QED) is 0.741. The van der Waals surface area contributed by atoms with Gasteiger partial charge >= 0.3 is 0 Å². The summed E-state index contributed by atoms with van der Waals surface area (Å²) >= 11 is 0. The van der Waals surface area contributed by atoms with E-state index in [-0.39, 0.29) is 0 Å². The van der Waals surface area contributed by atoms with Crippen molar-refractivity contribution < 1.29 is 4.74 Å². The summed E-state index contributed by atoms with van der Waals surface area (Å²) < 4.78 is 4.97. The predicted molar refractivity (Wildman–Crippen MR) is 67.1 cm³/mol. The molecule has 94 valence electrons. The van der Waals surface area contributed by atoms with Gasteiger partial charge in [-0.3, -0.25) is 0 Å². The molecular formula is C12H20N4O. The van der Waals surface area contributed by atoms with Crippen LogP contribution in [0, 0.1) is 0 Å². The second kappa shape index (κ2) is 6.51. The summed E-state index contributed by atoms with van der Waals surface area (Å²) in [4.78, 5) is 11.0. The second-order valence-electron chi connectivity index (χ2n) is 4.26. The maximum absolute atomic E-state index is 4.97. The Balaban J connectivity index is 1.80. The van der Waals surface area contributed by atoms with Crippen LogP contribution in [0.2, 0.25) is 0 Å². The molecule has 0 saturated carbocycles. The molecule has 1 aromatic heterocycles. The molecule has 2 heterocycles. The highest BCUT2D eigenvalue weighted by atomic mass is 16.5. The van der Waals surface area contributed by atoms with Crippen molar-refractivity contribution in [2.24, 2.45) is 0 Å². The lowest BCUT2D eigenvalue weighted by molar-refractivity contribution is 0.199. The summed E-state index contributed by atoms with van der Waals surface area (Å²) in [6.45, 7) is 4.55. The van der Waals surface area contributed by atoms with E-state index in [1.54, 1.807) is 7.11 Å². The molecule has 0 bridgehead atoms. The van der Waals surface area contributed by atoms with E-state index in [0.29, 0.717) is 0 Å². The lowest BCUT2D eigenvalue weighted by Gasteiger charge is -2.14. The third kappa shape index (κ3) is 3.64. The van der Waals surface area contributed by atoms with Crippen molar-refractivity contribution >= 4 is 5.95 Å². The molecular weight excluding hydrogens is 216 g/mol. The summed E-state index contributed by atoms with van der Waals surface area (Å²) in [5, 5.41) is 3.27. The van der Waals surface area contributed by atoms with Crippen LogP contribution < -0.4 is 10.2 Å². The van der Waals surface area contributed by atoms with E-state index in [2.05, 4.69) is 20.2 Å². The van der Waals surface area contributed by atoms with Crippen molar-refractivity contribution in [2.75, 3.05) is 38.3 Å². The van der Waals surface area contributed by atoms with Crippen molar-refractivity contribution in [3.8, 4) is 0 Å². The highest BCUT2D eigenvalue weighted by molar-refractivity contribution is 5.30. The van der Waals surface area contributed by atoms with E-state index in [4.69, 9.17) is 4.74 Å². The van der Waals surface area contributed by atoms with E-state index in [1.807, 2.05) is 12.4 Å². The molecule has 2 rings (SSSR count). The van der Waals surface area contributed by atoms with E-state index in [9.17, 15) is 0 Å². The van der Waals surface area contributed by atoms with Crippen LogP contribution in [-0.4, -0.2) is 43.3 Å². The van der Waals surface area contributed by atoms with Crippen LogP contribution in [0.3, 0.4) is 0 Å². The zero-order valence-electron chi connectivity index (χ0n) is 10.4. The highest BCUT2D eigenvalue weighted by Crippen LogP contribution is 2.14. The van der Waals surface area contributed by atoms with Crippen molar-refractivity contribution in [1.82, 2.24) is 15.3 Å². The SMILES string of the molecule is COCCNCc1cnc(N2CCCC2)nc1. The molecule has 1 aliphatic heterocycles. The fourth-order valence-corrected chi connectivity index (χ4v) is 1.93. The van der Waals surface area contributed by atoms with Gasteiger partial charge in [-0.05, 0) is 12.8 Å². The molecule has 1 N–H and O–H groups in total. The maximum atomic E-state index is 4.97. The molecule has 0 aliphatic carbocycles. The van der Waals surface area contributed by atoms with Crippen LogP contribution >= 0.6 is 0 Å². The van der Waals surface area contributed by atoms with Crippen LogP contribution in [0.5, 0.6) is 0 Å². The minimum absolute atomic E-state index is 0.729. The number of nitrogens with zero attached hydrogens (tertiary/aromatic N) is 3. The first-order valence-corrected chi connectivity index (χ1v) is 6.15. The molecule has 1 fully saturated rings. The van der Waals surface area contributed by atoms with Gasteiger partial charge in [0.1, 0.15) is 0 Å². The number of anilines is 1. The Kier molecular flexibility index (Phi) is 4.70. The van der Waals surface area contributed by atoms with Gasteiger partial charge in [0.15, 0.2) is 0 Å². The predicted octanol–water partition coefficient (Wildman–Crippen LogP) is 0.813. The van der Waals surface area contributed by atoms with Crippen molar-refractivity contribution in [2.45, 2.75) is 19.4 Å². The summed E-state index contributed by atoms with van der Waals surface area (Å²) in [5.74, 6) is 0.864. The van der Waals surface area contributed by atoms with E-state index < -0.39 is 0 Å². The van der Waals surface area contributed by atoms with Gasteiger partial charge in [0, 0.05) is 51.2 Å². The van der Waals surface area contributed by atoms with Crippen LogP contribution in [0.1, 0.15) is 18.4 Å². The fraction of sp³-hybridized carbons (Fsp3) is 0.667. The maximum Gasteiger partial charge on any atom is 0.225 e. The van der Waals surface area contributed by atoms with E-state index >= 15 is 0 Å². The first-order chi connectivity index (χ1) is 8.40. The first-order valence-electron chi connectivity index (χ1n) is 6.15. The van der Waals surface area contributed by atoms with Crippen molar-refractivity contribution in [3.05, 3.63) is 18.0 Å². The average Bonchev–Trinajstić information content (AvgIpc) is 2.89. The molecule has 0 spiro atoms. The Morgan fingerprint density at radius 1 is 1.29 bits per heavy atom. The Labute approximate surface area is 102 Å². The summed E-state index contributed by atoms with van der Waals surface area (Å²) in [7, 11) is 1.70. The summed E-state index contributed by atoms with van der Waals surface area (Å²) in [5.41, 5.74) is 1.11. The Morgan fingerprint density at radius 3 is 2.65 bits per heavy atom. The lowest BCUT2D eigenvalue weighted by Crippen LogP contribution is -2.21. The van der Waals surface area contributed by atoms with E-state index in [1.165, 1.54) is 12.8 Å². The van der Waals surface area contributed by atoms with Crippen LogP contribution in [-0.2, 0) is 11.3 Å². The fourth-order valence-electron chi connectivity index (χ4n) is 1.93. The first kappa shape index (κ1) is 12.3. The topological polar surface area (TPSA) is 50.3 Å². The summed E-state index contributed by atoms with van der Waals surface area (Å²) in [6.07, 6.45) is 6.31. The number of nitrogens with one attached hydrogen (secondary N) is 1. The van der Waals surface area contributed by atoms with Crippen LogP contribution in [0.4, 0.5) is 5.95 Å². The average molecular weight is 236 g/mol. The van der Waals surface area contributed by atoms with Gasteiger partial charge in [-0.25, -0.2) is 9.97 Å². The van der Waals surface area contributed by atoms with Gasteiger partial charge < -0.3 is 15.0 Å². The van der Waals surface area contributed by atoms with E-state index in [0.717, 1.165) is 44.3 Å². The van der Waals surface area contributed by atoms with Gasteiger partial charge in [0.05, 0.1) is 6.61 Å². The normalized spacial score (nSPS) is 15.5. The van der Waals surface area contributed by atoms with Crippen molar-refractivity contribution in [1.29, 1.82) is 0 Å². The number of hydrogen-bond donors (Lipinski definition) is 1. The molecule has 0 unspecified atom stereocenters. The lowest BCUT2D eigenvalue weighted by atomic mass is 10.3. The molecule has 1 aliphatic rings. The van der Waals surface area contributed by atoms with Gasteiger partial charge in [-0.1, -0.05) is 0 Å².